The van der Waals surface area contributed by atoms with Crippen LogP contribution in [0, 0.1) is 0 Å². The standard InChI is InChI=1S/C13H21NO2/c1-3-14(9-6-10-15)13-8-5-4-7-12(13)11(2)16/h4-5,7-8,11,15-16H,3,6,9-10H2,1-2H3/t11-/m1/s1. The molecule has 1 rings (SSSR count). The molecular weight excluding hydrogens is 202 g/mol. The number of hydrogen-bond acceptors (Lipinski definition) is 3. The molecule has 16 heavy (non-hydrogen) atoms. The number of nitrogens with zero attached hydrogens (tertiary/aromatic N) is 1. The van der Waals surface area contributed by atoms with Gasteiger partial charge in [0.1, 0.15) is 0 Å². The third kappa shape index (κ3) is 3.22. The van der Waals surface area contributed by atoms with Crippen LogP contribution in [-0.2, 0) is 0 Å². The number of aliphatic hydroxyl groups excluding tert-OH is 2. The number of rotatable bonds is 6. The second-order valence-electron chi connectivity index (χ2n) is 3.89. The Morgan fingerprint density at radius 3 is 2.56 bits per heavy atom. The lowest BCUT2D eigenvalue weighted by Crippen LogP contribution is -2.26. The van der Waals surface area contributed by atoms with Gasteiger partial charge in [-0.15, -0.1) is 0 Å². The van der Waals surface area contributed by atoms with E-state index in [0.29, 0.717) is 0 Å². The van der Waals surface area contributed by atoms with Gasteiger partial charge >= 0.3 is 0 Å². The summed E-state index contributed by atoms with van der Waals surface area (Å²) in [5, 5.41) is 18.6. The van der Waals surface area contributed by atoms with Crippen LogP contribution in [-0.4, -0.2) is 29.9 Å². The van der Waals surface area contributed by atoms with Crippen molar-refractivity contribution in [3.05, 3.63) is 29.8 Å². The van der Waals surface area contributed by atoms with Crippen molar-refractivity contribution in [1.29, 1.82) is 0 Å². The number of hydrogen-bond donors (Lipinski definition) is 2. The molecule has 0 unspecified atom stereocenters. The summed E-state index contributed by atoms with van der Waals surface area (Å²) in [6.07, 6.45) is 0.293. The Balaban J connectivity index is 2.90. The molecule has 0 aromatic heterocycles. The van der Waals surface area contributed by atoms with Gasteiger partial charge in [-0.05, 0) is 26.3 Å². The summed E-state index contributed by atoms with van der Waals surface area (Å²) in [6, 6.07) is 7.87. The molecule has 0 bridgehead atoms. The zero-order valence-electron chi connectivity index (χ0n) is 10.1. The van der Waals surface area contributed by atoms with Crippen molar-refractivity contribution in [1.82, 2.24) is 0 Å². The van der Waals surface area contributed by atoms with Crippen LogP contribution in [0.1, 0.15) is 31.9 Å². The second kappa shape index (κ2) is 6.51. The van der Waals surface area contributed by atoms with E-state index in [4.69, 9.17) is 5.11 Å². The third-order valence-electron chi connectivity index (χ3n) is 2.70. The van der Waals surface area contributed by atoms with Crippen molar-refractivity contribution in [3.8, 4) is 0 Å². The van der Waals surface area contributed by atoms with E-state index in [2.05, 4.69) is 11.8 Å². The Bertz CT molecular complexity index is 313. The summed E-state index contributed by atoms with van der Waals surface area (Å²) in [5.74, 6) is 0. The molecule has 0 spiro atoms. The van der Waals surface area contributed by atoms with Crippen molar-refractivity contribution in [2.24, 2.45) is 0 Å². The summed E-state index contributed by atoms with van der Waals surface area (Å²) < 4.78 is 0. The van der Waals surface area contributed by atoms with Crippen molar-refractivity contribution >= 4 is 5.69 Å². The highest BCUT2D eigenvalue weighted by atomic mass is 16.3. The van der Waals surface area contributed by atoms with Crippen molar-refractivity contribution in [2.75, 3.05) is 24.6 Å². The monoisotopic (exact) mass is 223 g/mol. The van der Waals surface area contributed by atoms with E-state index in [-0.39, 0.29) is 6.61 Å². The minimum atomic E-state index is -0.459. The first-order valence-electron chi connectivity index (χ1n) is 5.83. The molecule has 1 aromatic carbocycles. The molecule has 0 amide bonds. The zero-order valence-corrected chi connectivity index (χ0v) is 10.1. The van der Waals surface area contributed by atoms with Gasteiger partial charge in [-0.3, -0.25) is 0 Å². The molecule has 90 valence electrons. The van der Waals surface area contributed by atoms with Gasteiger partial charge < -0.3 is 15.1 Å². The molecule has 0 radical (unpaired) electrons. The predicted molar refractivity (Wildman–Crippen MR) is 66.7 cm³/mol. The van der Waals surface area contributed by atoms with Gasteiger partial charge in [0, 0.05) is 30.9 Å². The summed E-state index contributed by atoms with van der Waals surface area (Å²) in [6.45, 7) is 5.75. The van der Waals surface area contributed by atoms with Crippen LogP contribution in [0.2, 0.25) is 0 Å². The summed E-state index contributed by atoms with van der Waals surface area (Å²) in [5.41, 5.74) is 2.01. The van der Waals surface area contributed by atoms with E-state index in [1.54, 1.807) is 6.92 Å². The first-order valence-corrected chi connectivity index (χ1v) is 5.83. The highest BCUT2D eigenvalue weighted by molar-refractivity contribution is 5.54. The zero-order chi connectivity index (χ0) is 12.0. The molecule has 0 aliphatic rings. The smallest absolute Gasteiger partial charge is 0.0781 e. The molecule has 0 aliphatic carbocycles. The van der Waals surface area contributed by atoms with Crippen LogP contribution in [0.5, 0.6) is 0 Å². The van der Waals surface area contributed by atoms with Gasteiger partial charge in [-0.1, -0.05) is 18.2 Å². The largest absolute Gasteiger partial charge is 0.396 e. The van der Waals surface area contributed by atoms with Crippen LogP contribution in [0.25, 0.3) is 0 Å². The molecule has 3 heteroatoms. The lowest BCUT2D eigenvalue weighted by atomic mass is 10.1. The minimum absolute atomic E-state index is 0.202. The van der Waals surface area contributed by atoms with E-state index in [0.717, 1.165) is 30.8 Å². The van der Waals surface area contributed by atoms with Crippen molar-refractivity contribution in [2.45, 2.75) is 26.4 Å². The van der Waals surface area contributed by atoms with E-state index in [1.165, 1.54) is 0 Å². The second-order valence-corrected chi connectivity index (χ2v) is 3.89. The Morgan fingerprint density at radius 1 is 1.31 bits per heavy atom. The fourth-order valence-electron chi connectivity index (χ4n) is 1.84. The molecule has 0 fully saturated rings. The van der Waals surface area contributed by atoms with E-state index < -0.39 is 6.10 Å². The fourth-order valence-corrected chi connectivity index (χ4v) is 1.84. The van der Waals surface area contributed by atoms with Crippen LogP contribution < -0.4 is 4.90 Å². The van der Waals surface area contributed by atoms with Crippen LogP contribution in [0.3, 0.4) is 0 Å². The third-order valence-corrected chi connectivity index (χ3v) is 2.70. The van der Waals surface area contributed by atoms with Gasteiger partial charge in [-0.2, -0.15) is 0 Å². The highest BCUT2D eigenvalue weighted by Gasteiger charge is 2.11. The first-order chi connectivity index (χ1) is 7.70. The topological polar surface area (TPSA) is 43.7 Å². The van der Waals surface area contributed by atoms with E-state index >= 15 is 0 Å². The number of aliphatic hydroxyl groups is 2. The number of benzene rings is 1. The lowest BCUT2D eigenvalue weighted by Gasteiger charge is -2.26. The van der Waals surface area contributed by atoms with Gasteiger partial charge in [0.25, 0.3) is 0 Å². The fraction of sp³-hybridized carbons (Fsp3) is 0.538. The number of para-hydroxylation sites is 1. The molecule has 0 heterocycles. The summed E-state index contributed by atoms with van der Waals surface area (Å²) >= 11 is 0. The van der Waals surface area contributed by atoms with Gasteiger partial charge in [-0.25, -0.2) is 0 Å². The average molecular weight is 223 g/mol. The maximum Gasteiger partial charge on any atom is 0.0781 e. The van der Waals surface area contributed by atoms with Gasteiger partial charge in [0.15, 0.2) is 0 Å². The van der Waals surface area contributed by atoms with Crippen LogP contribution in [0.15, 0.2) is 24.3 Å². The Kier molecular flexibility index (Phi) is 5.29. The predicted octanol–water partition coefficient (Wildman–Crippen LogP) is 1.95. The maximum absolute atomic E-state index is 9.70. The lowest BCUT2D eigenvalue weighted by molar-refractivity contribution is 0.199. The molecule has 1 atom stereocenters. The molecule has 0 aliphatic heterocycles. The maximum atomic E-state index is 9.70. The van der Waals surface area contributed by atoms with Crippen molar-refractivity contribution < 1.29 is 10.2 Å². The minimum Gasteiger partial charge on any atom is -0.396 e. The Hall–Kier alpha value is -1.06. The van der Waals surface area contributed by atoms with E-state index in [1.807, 2.05) is 24.3 Å². The normalized spacial score (nSPS) is 12.5. The Labute approximate surface area is 97.3 Å². The highest BCUT2D eigenvalue weighted by Crippen LogP contribution is 2.25. The molecule has 3 nitrogen and oxygen atoms in total. The van der Waals surface area contributed by atoms with Crippen molar-refractivity contribution in [3.63, 3.8) is 0 Å². The molecule has 0 saturated heterocycles. The van der Waals surface area contributed by atoms with E-state index in [9.17, 15) is 5.11 Å². The first kappa shape index (κ1) is 13.0. The van der Waals surface area contributed by atoms with Crippen LogP contribution in [0.4, 0.5) is 5.69 Å². The molecule has 2 N–H and O–H groups in total. The molecular formula is C13H21NO2. The van der Waals surface area contributed by atoms with Gasteiger partial charge in [0.05, 0.1) is 6.10 Å². The van der Waals surface area contributed by atoms with Gasteiger partial charge in [0.2, 0.25) is 0 Å². The number of anilines is 1. The molecule has 1 aromatic rings. The molecule has 0 saturated carbocycles. The average Bonchev–Trinajstić information content (AvgIpc) is 2.30. The summed E-state index contributed by atoms with van der Waals surface area (Å²) in [4.78, 5) is 2.18. The Morgan fingerprint density at radius 2 is 2.00 bits per heavy atom. The van der Waals surface area contributed by atoms with Crippen LogP contribution >= 0.6 is 0 Å². The summed E-state index contributed by atoms with van der Waals surface area (Å²) in [7, 11) is 0. The SMILES string of the molecule is CCN(CCCO)c1ccccc1[C@@H](C)O. The quantitative estimate of drug-likeness (QED) is 0.774.